The summed E-state index contributed by atoms with van der Waals surface area (Å²) in [5.74, 6) is -0.875. The normalized spacial score (nSPS) is 9.20. The standard InChI is InChI=1S/C7H4F4.C2N2/c8-6-3-1-2-5(4-6)7(9,10)11;3-1-2-4/h1-4H;. The van der Waals surface area contributed by atoms with Crippen LogP contribution < -0.4 is 0 Å². The SMILES string of the molecule is Fc1cccc(C(F)(F)F)c1.N#CC#N. The molecule has 78 valence electrons. The van der Waals surface area contributed by atoms with Gasteiger partial charge in [-0.1, -0.05) is 6.07 Å². The van der Waals surface area contributed by atoms with Crippen LogP contribution in [0.15, 0.2) is 24.3 Å². The lowest BCUT2D eigenvalue weighted by Gasteiger charge is -2.04. The first-order valence-electron chi connectivity index (χ1n) is 3.52. The molecule has 6 heteroatoms. The molecule has 15 heavy (non-hydrogen) atoms. The maximum atomic E-state index is 12.2. The third-order valence-corrected chi connectivity index (χ3v) is 1.20. The van der Waals surface area contributed by atoms with E-state index in [9.17, 15) is 17.6 Å². The highest BCUT2D eigenvalue weighted by Gasteiger charge is 2.30. The Morgan fingerprint density at radius 2 is 1.60 bits per heavy atom. The summed E-state index contributed by atoms with van der Waals surface area (Å²) in [7, 11) is 0. The Labute approximate surface area is 83.0 Å². The van der Waals surface area contributed by atoms with E-state index in [4.69, 9.17) is 10.5 Å². The first-order chi connectivity index (χ1) is 6.91. The minimum absolute atomic E-state index is 0.458. The Hall–Kier alpha value is -2.08. The molecule has 2 nitrogen and oxygen atoms in total. The molecule has 0 aliphatic rings. The summed E-state index contributed by atoms with van der Waals surface area (Å²) in [5, 5.41) is 14.5. The zero-order valence-corrected chi connectivity index (χ0v) is 7.22. The van der Waals surface area contributed by atoms with Crippen LogP contribution in [0.5, 0.6) is 0 Å². The lowest BCUT2D eigenvalue weighted by atomic mass is 10.2. The summed E-state index contributed by atoms with van der Waals surface area (Å²) in [4.78, 5) is 0. The number of hydrogen-bond acceptors (Lipinski definition) is 2. The number of nitriles is 2. The van der Waals surface area contributed by atoms with Crippen LogP contribution in [0.1, 0.15) is 5.56 Å². The van der Waals surface area contributed by atoms with E-state index < -0.39 is 17.6 Å². The van der Waals surface area contributed by atoms with Gasteiger partial charge in [-0.25, -0.2) is 4.39 Å². The van der Waals surface area contributed by atoms with E-state index in [2.05, 4.69) is 0 Å². The molecule has 0 aliphatic heterocycles. The molecule has 0 atom stereocenters. The third kappa shape index (κ3) is 5.27. The van der Waals surface area contributed by atoms with Crippen LogP contribution in [-0.4, -0.2) is 0 Å². The second-order valence-corrected chi connectivity index (χ2v) is 2.23. The summed E-state index contributed by atoms with van der Waals surface area (Å²) in [6.07, 6.45) is -4.46. The lowest BCUT2D eigenvalue weighted by Crippen LogP contribution is -2.04. The molecule has 0 bridgehead atoms. The summed E-state index contributed by atoms with van der Waals surface area (Å²) in [5.41, 5.74) is -0.961. The highest BCUT2D eigenvalue weighted by Crippen LogP contribution is 2.28. The van der Waals surface area contributed by atoms with Gasteiger partial charge in [0.2, 0.25) is 0 Å². The van der Waals surface area contributed by atoms with E-state index in [-0.39, 0.29) is 0 Å². The summed E-state index contributed by atoms with van der Waals surface area (Å²) in [6, 6.07) is 5.75. The molecule has 0 unspecified atom stereocenters. The number of rotatable bonds is 0. The van der Waals surface area contributed by atoms with Gasteiger partial charge in [-0.15, -0.1) is 0 Å². The summed E-state index contributed by atoms with van der Waals surface area (Å²) in [6.45, 7) is 0. The molecule has 0 aromatic heterocycles. The van der Waals surface area contributed by atoms with E-state index in [0.717, 1.165) is 18.2 Å². The van der Waals surface area contributed by atoms with Crippen molar-refractivity contribution in [3.63, 3.8) is 0 Å². The van der Waals surface area contributed by atoms with Crippen molar-refractivity contribution in [1.29, 1.82) is 10.5 Å². The zero-order chi connectivity index (χ0) is 11.9. The Kier molecular flexibility index (Phi) is 4.83. The van der Waals surface area contributed by atoms with E-state index in [1.807, 2.05) is 0 Å². The average Bonchev–Trinajstić information content (AvgIpc) is 2.17. The highest BCUT2D eigenvalue weighted by atomic mass is 19.4. The fourth-order valence-corrected chi connectivity index (χ4v) is 0.665. The smallest absolute Gasteiger partial charge is 0.207 e. The summed E-state index contributed by atoms with van der Waals surface area (Å²) >= 11 is 0. The minimum atomic E-state index is -4.46. The van der Waals surface area contributed by atoms with Gasteiger partial charge in [0.25, 0.3) is 0 Å². The van der Waals surface area contributed by atoms with Crippen LogP contribution in [-0.2, 0) is 6.18 Å². The molecule has 0 saturated heterocycles. The number of benzene rings is 1. The Bertz CT molecular complexity index is 386. The van der Waals surface area contributed by atoms with Gasteiger partial charge in [0.05, 0.1) is 5.56 Å². The average molecular weight is 216 g/mol. The van der Waals surface area contributed by atoms with Crippen LogP contribution >= 0.6 is 0 Å². The molecule has 1 rings (SSSR count). The van der Waals surface area contributed by atoms with Crippen molar-refractivity contribution in [1.82, 2.24) is 0 Å². The quantitative estimate of drug-likeness (QED) is 0.626. The molecule has 1 aromatic carbocycles. The fourth-order valence-electron chi connectivity index (χ4n) is 0.665. The fraction of sp³-hybridized carbons (Fsp3) is 0.111. The van der Waals surface area contributed by atoms with Crippen molar-refractivity contribution in [2.45, 2.75) is 6.18 Å². The van der Waals surface area contributed by atoms with Crippen molar-refractivity contribution in [2.24, 2.45) is 0 Å². The largest absolute Gasteiger partial charge is 0.416 e. The van der Waals surface area contributed by atoms with Crippen LogP contribution in [0.2, 0.25) is 0 Å². The topological polar surface area (TPSA) is 47.6 Å². The second-order valence-electron chi connectivity index (χ2n) is 2.23. The van der Waals surface area contributed by atoms with Crippen LogP contribution in [0.4, 0.5) is 17.6 Å². The van der Waals surface area contributed by atoms with Gasteiger partial charge >= 0.3 is 6.18 Å². The van der Waals surface area contributed by atoms with E-state index in [1.165, 1.54) is 12.1 Å². The molecule has 0 N–H and O–H groups in total. The van der Waals surface area contributed by atoms with Gasteiger partial charge in [0, 0.05) is 0 Å². The number of hydrogen-bond donors (Lipinski definition) is 0. The molecular weight excluding hydrogens is 212 g/mol. The predicted octanol–water partition coefficient (Wildman–Crippen LogP) is 2.88. The molecule has 0 aliphatic carbocycles. The highest BCUT2D eigenvalue weighted by molar-refractivity contribution is 5.18. The molecule has 0 spiro atoms. The number of alkyl halides is 3. The van der Waals surface area contributed by atoms with Crippen molar-refractivity contribution in [2.75, 3.05) is 0 Å². The van der Waals surface area contributed by atoms with Crippen LogP contribution in [0.25, 0.3) is 0 Å². The van der Waals surface area contributed by atoms with Crippen molar-refractivity contribution >= 4 is 0 Å². The molecular formula is C9H4F4N2. The van der Waals surface area contributed by atoms with Gasteiger partial charge in [0.15, 0.2) is 12.1 Å². The summed E-state index contributed by atoms with van der Waals surface area (Å²) < 4.78 is 47.6. The van der Waals surface area contributed by atoms with Gasteiger partial charge in [-0.2, -0.15) is 23.7 Å². The lowest BCUT2D eigenvalue weighted by molar-refractivity contribution is -0.137. The van der Waals surface area contributed by atoms with Crippen LogP contribution in [0.3, 0.4) is 0 Å². The first kappa shape index (κ1) is 12.9. The van der Waals surface area contributed by atoms with Gasteiger partial charge in [-0.3, -0.25) is 0 Å². The number of nitrogens with zero attached hydrogens (tertiary/aromatic N) is 2. The first-order valence-corrected chi connectivity index (χ1v) is 3.52. The molecule has 0 saturated carbocycles. The molecule has 0 radical (unpaired) electrons. The second kappa shape index (κ2) is 5.61. The molecule has 0 fully saturated rings. The van der Waals surface area contributed by atoms with Crippen LogP contribution in [0, 0.1) is 28.5 Å². The zero-order valence-electron chi connectivity index (χ0n) is 7.22. The molecule has 1 aromatic rings. The maximum Gasteiger partial charge on any atom is 0.416 e. The van der Waals surface area contributed by atoms with Gasteiger partial charge in [-0.05, 0) is 18.2 Å². The van der Waals surface area contributed by atoms with E-state index >= 15 is 0 Å². The molecule has 0 amide bonds. The van der Waals surface area contributed by atoms with Crippen molar-refractivity contribution in [3.8, 4) is 12.1 Å². The Morgan fingerprint density at radius 1 is 1.07 bits per heavy atom. The van der Waals surface area contributed by atoms with Gasteiger partial charge in [0.1, 0.15) is 5.82 Å². The van der Waals surface area contributed by atoms with Crippen molar-refractivity contribution < 1.29 is 17.6 Å². The van der Waals surface area contributed by atoms with Gasteiger partial charge < -0.3 is 0 Å². The minimum Gasteiger partial charge on any atom is -0.207 e. The predicted molar refractivity (Wildman–Crippen MR) is 42.6 cm³/mol. The Balaban J connectivity index is 0.000000423. The monoisotopic (exact) mass is 216 g/mol. The van der Waals surface area contributed by atoms with E-state index in [1.54, 1.807) is 0 Å². The third-order valence-electron chi connectivity index (χ3n) is 1.20. The Morgan fingerprint density at radius 3 is 1.87 bits per heavy atom. The van der Waals surface area contributed by atoms with E-state index in [0.29, 0.717) is 6.07 Å². The maximum absolute atomic E-state index is 12.2. The molecule has 0 heterocycles. The number of halogens is 4. The van der Waals surface area contributed by atoms with Crippen molar-refractivity contribution in [3.05, 3.63) is 35.6 Å².